The second-order valence-electron chi connectivity index (χ2n) is 5.26. The monoisotopic (exact) mass is 394 g/mol. The Balaban J connectivity index is 2.06. The maximum absolute atomic E-state index is 12.0. The van der Waals surface area contributed by atoms with E-state index in [0.29, 0.717) is 11.5 Å². The molecule has 0 unspecified atom stereocenters. The number of nitrogens with zero attached hydrogens (tertiary/aromatic N) is 3. The van der Waals surface area contributed by atoms with Gasteiger partial charge in [0.25, 0.3) is 5.91 Å². The lowest BCUT2D eigenvalue weighted by molar-refractivity contribution is -0.121. The van der Waals surface area contributed by atoms with Gasteiger partial charge in [-0.1, -0.05) is 0 Å². The van der Waals surface area contributed by atoms with Gasteiger partial charge >= 0.3 is 0 Å². The number of phenols is 1. The van der Waals surface area contributed by atoms with Crippen molar-refractivity contribution in [2.45, 2.75) is 27.3 Å². The van der Waals surface area contributed by atoms with Gasteiger partial charge in [0.05, 0.1) is 28.7 Å². The minimum atomic E-state index is -0.279. The van der Waals surface area contributed by atoms with Crippen LogP contribution < -0.4 is 10.2 Å². The van der Waals surface area contributed by atoms with Crippen molar-refractivity contribution in [3.63, 3.8) is 0 Å². The molecule has 8 heteroatoms. The van der Waals surface area contributed by atoms with Gasteiger partial charge in [-0.25, -0.2) is 5.43 Å². The predicted octanol–water partition coefficient (Wildman–Crippen LogP) is 2.52. The number of aromatic nitrogens is 2. The third-order valence-electron chi connectivity index (χ3n) is 3.53. The highest BCUT2D eigenvalue weighted by Gasteiger charge is 2.12. The van der Waals surface area contributed by atoms with Crippen molar-refractivity contribution in [3.05, 3.63) is 39.6 Å². The van der Waals surface area contributed by atoms with Crippen molar-refractivity contribution < 1.29 is 14.6 Å². The summed E-state index contributed by atoms with van der Waals surface area (Å²) < 4.78 is 7.57. The van der Waals surface area contributed by atoms with Crippen LogP contribution in [-0.2, 0) is 11.3 Å². The quantitative estimate of drug-likeness (QED) is 0.602. The van der Waals surface area contributed by atoms with E-state index in [9.17, 15) is 9.90 Å². The first-order chi connectivity index (χ1) is 11.3. The summed E-state index contributed by atoms with van der Waals surface area (Å²) in [4.78, 5) is 12.0. The Morgan fingerprint density at radius 2 is 2.17 bits per heavy atom. The van der Waals surface area contributed by atoms with Crippen LogP contribution in [0.3, 0.4) is 0 Å². The topological polar surface area (TPSA) is 88.7 Å². The smallest absolute Gasteiger partial charge is 0.261 e. The summed E-state index contributed by atoms with van der Waals surface area (Å²) in [6, 6.07) is 4.86. The normalized spacial score (nSPS) is 11.5. The number of methoxy groups -OCH3 is 1. The lowest BCUT2D eigenvalue weighted by Gasteiger charge is -2.07. The Hall–Kier alpha value is -2.35. The van der Waals surface area contributed by atoms with Crippen molar-refractivity contribution in [2.24, 2.45) is 5.10 Å². The third kappa shape index (κ3) is 3.94. The Labute approximate surface area is 148 Å². The summed E-state index contributed by atoms with van der Waals surface area (Å²) in [5.74, 6) is 0.118. The van der Waals surface area contributed by atoms with E-state index < -0.39 is 0 Å². The Bertz CT molecular complexity index is 799. The molecule has 1 aromatic heterocycles. The zero-order chi connectivity index (χ0) is 17.9. The molecule has 0 atom stereocenters. The summed E-state index contributed by atoms with van der Waals surface area (Å²) in [6.07, 6.45) is 0. The maximum atomic E-state index is 12.0. The minimum Gasteiger partial charge on any atom is -0.504 e. The van der Waals surface area contributed by atoms with E-state index in [-0.39, 0.29) is 18.2 Å². The number of rotatable bonds is 5. The first-order valence-electron chi connectivity index (χ1n) is 7.23. The van der Waals surface area contributed by atoms with Gasteiger partial charge in [0.1, 0.15) is 6.54 Å². The van der Waals surface area contributed by atoms with E-state index in [1.54, 1.807) is 23.7 Å². The molecule has 0 aliphatic carbocycles. The highest BCUT2D eigenvalue weighted by Crippen LogP contribution is 2.26. The van der Waals surface area contributed by atoms with Crippen LogP contribution in [0.15, 0.2) is 27.8 Å². The number of hydrogen-bond donors (Lipinski definition) is 2. The van der Waals surface area contributed by atoms with Crippen molar-refractivity contribution in [3.8, 4) is 11.5 Å². The van der Waals surface area contributed by atoms with Crippen LogP contribution in [0.2, 0.25) is 0 Å². The zero-order valence-electron chi connectivity index (χ0n) is 13.9. The van der Waals surface area contributed by atoms with Gasteiger partial charge < -0.3 is 9.84 Å². The van der Waals surface area contributed by atoms with Gasteiger partial charge in [0.15, 0.2) is 11.5 Å². The van der Waals surface area contributed by atoms with Crippen molar-refractivity contribution in [1.29, 1.82) is 0 Å². The molecule has 7 nitrogen and oxygen atoms in total. The predicted molar refractivity (Wildman–Crippen MR) is 94.4 cm³/mol. The maximum Gasteiger partial charge on any atom is 0.261 e. The van der Waals surface area contributed by atoms with E-state index >= 15 is 0 Å². The number of amides is 1. The molecule has 0 saturated heterocycles. The largest absolute Gasteiger partial charge is 0.504 e. The highest BCUT2D eigenvalue weighted by molar-refractivity contribution is 9.10. The standard InChI is InChI=1S/C16H19BrN4O3/c1-9(12-5-6-13(22)14(7-12)24-4)18-19-15(23)8-21-11(3)16(17)10(2)20-21/h5-7,22H,8H2,1-4H3,(H,19,23)/b18-9+. The number of carbonyl (C=O) groups excluding carboxylic acids is 1. The molecule has 0 aliphatic rings. The molecule has 1 aromatic carbocycles. The number of hydrogen-bond acceptors (Lipinski definition) is 5. The molecule has 24 heavy (non-hydrogen) atoms. The van der Waals surface area contributed by atoms with Crippen molar-refractivity contribution >= 4 is 27.5 Å². The van der Waals surface area contributed by atoms with Crippen LogP contribution >= 0.6 is 15.9 Å². The summed E-state index contributed by atoms with van der Waals surface area (Å²) in [5, 5.41) is 18.0. The van der Waals surface area contributed by atoms with Gasteiger partial charge in [-0.2, -0.15) is 10.2 Å². The average molecular weight is 395 g/mol. The van der Waals surface area contributed by atoms with Gasteiger partial charge in [0.2, 0.25) is 0 Å². The molecule has 128 valence electrons. The molecular formula is C16H19BrN4O3. The summed E-state index contributed by atoms with van der Waals surface area (Å²) in [6.45, 7) is 5.58. The van der Waals surface area contributed by atoms with Gasteiger partial charge in [-0.15, -0.1) is 0 Å². The third-order valence-corrected chi connectivity index (χ3v) is 4.68. The van der Waals surface area contributed by atoms with Gasteiger partial charge in [0, 0.05) is 5.56 Å². The van der Waals surface area contributed by atoms with Crippen LogP contribution in [-0.4, -0.2) is 33.6 Å². The molecule has 0 radical (unpaired) electrons. The number of nitrogens with one attached hydrogen (secondary N) is 1. The number of aromatic hydroxyl groups is 1. The molecular weight excluding hydrogens is 376 g/mol. The molecule has 2 rings (SSSR count). The fraction of sp³-hybridized carbons (Fsp3) is 0.312. The van der Waals surface area contributed by atoms with E-state index in [1.165, 1.54) is 13.2 Å². The van der Waals surface area contributed by atoms with E-state index in [1.807, 2.05) is 13.8 Å². The number of aryl methyl sites for hydroxylation is 1. The lowest BCUT2D eigenvalue weighted by atomic mass is 10.1. The van der Waals surface area contributed by atoms with E-state index in [2.05, 4.69) is 31.6 Å². The molecule has 2 aromatic rings. The highest BCUT2D eigenvalue weighted by atomic mass is 79.9. The molecule has 2 N–H and O–H groups in total. The number of phenolic OH excluding ortho intramolecular Hbond substituents is 1. The average Bonchev–Trinajstić information content (AvgIpc) is 2.80. The number of ether oxygens (including phenoxy) is 1. The number of hydrazone groups is 1. The Kier molecular flexibility index (Phi) is 5.61. The second kappa shape index (κ2) is 7.48. The molecule has 0 aliphatic heterocycles. The molecule has 0 fully saturated rings. The SMILES string of the molecule is COc1cc(/C(C)=N/NC(=O)Cn2nc(C)c(Br)c2C)ccc1O. The molecule has 1 amide bonds. The number of carbonyl (C=O) groups is 1. The van der Waals surface area contributed by atoms with Crippen molar-refractivity contribution in [2.75, 3.05) is 7.11 Å². The number of benzene rings is 1. The minimum absolute atomic E-state index is 0.0492. The second-order valence-corrected chi connectivity index (χ2v) is 6.05. The molecule has 1 heterocycles. The van der Waals surface area contributed by atoms with Crippen LogP contribution in [0.4, 0.5) is 0 Å². The fourth-order valence-electron chi connectivity index (χ4n) is 2.11. The van der Waals surface area contributed by atoms with Crippen LogP contribution in [0.5, 0.6) is 11.5 Å². The summed E-state index contributed by atoms with van der Waals surface area (Å²) >= 11 is 3.43. The summed E-state index contributed by atoms with van der Waals surface area (Å²) in [5.41, 5.74) is 5.55. The van der Waals surface area contributed by atoms with Gasteiger partial charge in [-0.3, -0.25) is 9.48 Å². The molecule has 0 bridgehead atoms. The van der Waals surface area contributed by atoms with Crippen molar-refractivity contribution in [1.82, 2.24) is 15.2 Å². The van der Waals surface area contributed by atoms with E-state index in [0.717, 1.165) is 21.4 Å². The van der Waals surface area contributed by atoms with E-state index in [4.69, 9.17) is 4.74 Å². The lowest BCUT2D eigenvalue weighted by Crippen LogP contribution is -2.25. The first-order valence-corrected chi connectivity index (χ1v) is 8.02. The zero-order valence-corrected chi connectivity index (χ0v) is 15.5. The fourth-order valence-corrected chi connectivity index (χ4v) is 2.40. The Morgan fingerprint density at radius 3 is 2.75 bits per heavy atom. The van der Waals surface area contributed by atoms with Crippen LogP contribution in [0.25, 0.3) is 0 Å². The molecule has 0 saturated carbocycles. The molecule has 0 spiro atoms. The first kappa shape index (κ1) is 18.0. The van der Waals surface area contributed by atoms with Gasteiger partial charge in [-0.05, 0) is 54.9 Å². The van der Waals surface area contributed by atoms with Crippen LogP contribution in [0, 0.1) is 13.8 Å². The number of halogens is 1. The van der Waals surface area contributed by atoms with Crippen LogP contribution in [0.1, 0.15) is 23.9 Å². The Morgan fingerprint density at radius 1 is 1.46 bits per heavy atom. The summed E-state index contributed by atoms with van der Waals surface area (Å²) in [7, 11) is 1.47.